The molecule has 2 amide bonds. The summed E-state index contributed by atoms with van der Waals surface area (Å²) < 4.78 is 5.14. The summed E-state index contributed by atoms with van der Waals surface area (Å²) in [4.78, 5) is 38.4. The maximum absolute atomic E-state index is 12.6. The van der Waals surface area contributed by atoms with Gasteiger partial charge in [-0.3, -0.25) is 9.59 Å². The number of benzene rings is 2. The predicted molar refractivity (Wildman–Crippen MR) is 107 cm³/mol. The fourth-order valence-electron chi connectivity index (χ4n) is 3.07. The van der Waals surface area contributed by atoms with E-state index in [4.69, 9.17) is 4.74 Å². The third-order valence-electron chi connectivity index (χ3n) is 4.57. The van der Waals surface area contributed by atoms with Crippen molar-refractivity contribution in [3.63, 3.8) is 0 Å². The van der Waals surface area contributed by atoms with E-state index in [1.807, 2.05) is 31.2 Å². The van der Waals surface area contributed by atoms with Crippen LogP contribution in [0.25, 0.3) is 0 Å². The van der Waals surface area contributed by atoms with Crippen LogP contribution in [0.4, 0.5) is 11.4 Å². The van der Waals surface area contributed by atoms with Gasteiger partial charge in [0.2, 0.25) is 11.8 Å². The van der Waals surface area contributed by atoms with Crippen LogP contribution < -0.4 is 10.2 Å². The number of hydrogen-bond donors (Lipinski definition) is 1. The standard InChI is InChI=1S/C22H24N2O4/c1-14(2)28-22(27)16-6-8-18(9-7-16)23-21(26)17-12-20(25)24(13-17)19-10-4-15(3)5-11-19/h4-11,14,17H,12-13H2,1-3H3,(H,23,26)/t17-/m1/s1. The van der Waals surface area contributed by atoms with Crippen LogP contribution in [0.1, 0.15) is 36.2 Å². The third-order valence-corrected chi connectivity index (χ3v) is 4.57. The molecule has 0 bridgehead atoms. The molecule has 146 valence electrons. The third kappa shape index (κ3) is 4.57. The molecule has 6 heteroatoms. The number of ether oxygens (including phenoxy) is 1. The molecule has 1 aliphatic heterocycles. The number of carbonyl (C=O) groups excluding carboxylic acids is 3. The van der Waals surface area contributed by atoms with E-state index in [2.05, 4.69) is 5.32 Å². The van der Waals surface area contributed by atoms with Crippen LogP contribution >= 0.6 is 0 Å². The monoisotopic (exact) mass is 380 g/mol. The quantitative estimate of drug-likeness (QED) is 0.805. The van der Waals surface area contributed by atoms with Crippen LogP contribution in [0.2, 0.25) is 0 Å². The molecule has 0 spiro atoms. The van der Waals surface area contributed by atoms with Gasteiger partial charge < -0.3 is 15.0 Å². The first-order valence-electron chi connectivity index (χ1n) is 9.32. The van der Waals surface area contributed by atoms with Gasteiger partial charge >= 0.3 is 5.97 Å². The smallest absolute Gasteiger partial charge is 0.338 e. The van der Waals surface area contributed by atoms with Gasteiger partial charge in [-0.1, -0.05) is 17.7 Å². The van der Waals surface area contributed by atoms with Crippen molar-refractivity contribution in [2.75, 3.05) is 16.8 Å². The second-order valence-electron chi connectivity index (χ2n) is 7.26. The van der Waals surface area contributed by atoms with Crippen molar-refractivity contribution in [1.29, 1.82) is 0 Å². The number of nitrogens with zero attached hydrogens (tertiary/aromatic N) is 1. The van der Waals surface area contributed by atoms with E-state index in [1.54, 1.807) is 43.0 Å². The molecule has 0 aromatic heterocycles. The normalized spacial score (nSPS) is 16.4. The largest absolute Gasteiger partial charge is 0.459 e. The lowest BCUT2D eigenvalue weighted by Gasteiger charge is -2.17. The Morgan fingerprint density at radius 1 is 1.07 bits per heavy atom. The van der Waals surface area contributed by atoms with E-state index in [-0.39, 0.29) is 24.3 Å². The Labute approximate surface area is 164 Å². The van der Waals surface area contributed by atoms with E-state index in [0.717, 1.165) is 11.3 Å². The summed E-state index contributed by atoms with van der Waals surface area (Å²) in [5.74, 6) is -1.08. The number of hydrogen-bond acceptors (Lipinski definition) is 4. The molecule has 2 aromatic carbocycles. The highest BCUT2D eigenvalue weighted by molar-refractivity contribution is 6.03. The Morgan fingerprint density at radius 2 is 1.71 bits per heavy atom. The minimum absolute atomic E-state index is 0.0595. The molecule has 1 N–H and O–H groups in total. The van der Waals surface area contributed by atoms with E-state index >= 15 is 0 Å². The average molecular weight is 380 g/mol. The Morgan fingerprint density at radius 3 is 2.32 bits per heavy atom. The first-order chi connectivity index (χ1) is 13.3. The zero-order chi connectivity index (χ0) is 20.3. The molecular formula is C22H24N2O4. The van der Waals surface area contributed by atoms with Gasteiger partial charge in [-0.2, -0.15) is 0 Å². The number of rotatable bonds is 5. The van der Waals surface area contributed by atoms with Crippen molar-refractivity contribution < 1.29 is 19.1 Å². The highest BCUT2D eigenvalue weighted by Gasteiger charge is 2.35. The molecule has 2 aromatic rings. The lowest BCUT2D eigenvalue weighted by atomic mass is 10.1. The molecule has 6 nitrogen and oxygen atoms in total. The van der Waals surface area contributed by atoms with Crippen LogP contribution in [0, 0.1) is 12.8 Å². The molecule has 1 heterocycles. The van der Waals surface area contributed by atoms with Crippen molar-refractivity contribution in [1.82, 2.24) is 0 Å². The number of nitrogens with one attached hydrogen (secondary N) is 1. The lowest BCUT2D eigenvalue weighted by Crippen LogP contribution is -2.28. The van der Waals surface area contributed by atoms with E-state index in [1.165, 1.54) is 0 Å². The fourth-order valence-corrected chi connectivity index (χ4v) is 3.07. The fraction of sp³-hybridized carbons (Fsp3) is 0.318. The van der Waals surface area contributed by atoms with Gasteiger partial charge in [-0.05, 0) is 57.2 Å². The second kappa shape index (κ2) is 8.25. The molecule has 0 unspecified atom stereocenters. The van der Waals surface area contributed by atoms with Gasteiger partial charge in [-0.25, -0.2) is 4.79 Å². The van der Waals surface area contributed by atoms with Crippen LogP contribution in [-0.4, -0.2) is 30.4 Å². The van der Waals surface area contributed by atoms with Gasteiger partial charge in [0.15, 0.2) is 0 Å². The van der Waals surface area contributed by atoms with Crippen molar-refractivity contribution in [3.8, 4) is 0 Å². The zero-order valence-electron chi connectivity index (χ0n) is 16.3. The first kappa shape index (κ1) is 19.6. The summed E-state index contributed by atoms with van der Waals surface area (Å²) >= 11 is 0. The maximum Gasteiger partial charge on any atom is 0.338 e. The molecule has 0 radical (unpaired) electrons. The van der Waals surface area contributed by atoms with Crippen LogP contribution in [0.3, 0.4) is 0 Å². The van der Waals surface area contributed by atoms with Gasteiger partial charge in [-0.15, -0.1) is 0 Å². The maximum atomic E-state index is 12.6. The van der Waals surface area contributed by atoms with E-state index in [9.17, 15) is 14.4 Å². The van der Waals surface area contributed by atoms with Gasteiger partial charge in [0.1, 0.15) is 0 Å². The summed E-state index contributed by atoms with van der Waals surface area (Å²) in [5, 5.41) is 2.82. The Kier molecular flexibility index (Phi) is 5.78. The van der Waals surface area contributed by atoms with Crippen molar-refractivity contribution in [2.45, 2.75) is 33.3 Å². The molecular weight excluding hydrogens is 356 g/mol. The lowest BCUT2D eigenvalue weighted by molar-refractivity contribution is -0.122. The van der Waals surface area contributed by atoms with Gasteiger partial charge in [0.05, 0.1) is 17.6 Å². The molecule has 3 rings (SSSR count). The number of carbonyl (C=O) groups is 3. The number of esters is 1. The molecule has 28 heavy (non-hydrogen) atoms. The second-order valence-corrected chi connectivity index (χ2v) is 7.26. The minimum Gasteiger partial charge on any atom is -0.459 e. The van der Waals surface area contributed by atoms with Gasteiger partial charge in [0, 0.05) is 24.3 Å². The highest BCUT2D eigenvalue weighted by atomic mass is 16.5. The van der Waals surface area contributed by atoms with Crippen molar-refractivity contribution >= 4 is 29.2 Å². The summed E-state index contributed by atoms with van der Waals surface area (Å²) in [5.41, 5.74) is 2.92. The Hall–Kier alpha value is -3.15. The summed E-state index contributed by atoms with van der Waals surface area (Å²) in [7, 11) is 0. The summed E-state index contributed by atoms with van der Waals surface area (Å²) in [6, 6.07) is 14.2. The highest BCUT2D eigenvalue weighted by Crippen LogP contribution is 2.26. The van der Waals surface area contributed by atoms with E-state index in [0.29, 0.717) is 17.8 Å². The molecule has 1 atom stereocenters. The zero-order valence-corrected chi connectivity index (χ0v) is 16.3. The number of anilines is 2. The molecule has 1 fully saturated rings. The summed E-state index contributed by atoms with van der Waals surface area (Å²) in [6.45, 7) is 5.91. The minimum atomic E-state index is -0.417. The van der Waals surface area contributed by atoms with Crippen LogP contribution in [-0.2, 0) is 14.3 Å². The Balaban J connectivity index is 1.61. The first-order valence-corrected chi connectivity index (χ1v) is 9.32. The SMILES string of the molecule is Cc1ccc(N2C[C@H](C(=O)Nc3ccc(C(=O)OC(C)C)cc3)CC2=O)cc1. The predicted octanol–water partition coefficient (Wildman–Crippen LogP) is 3.55. The van der Waals surface area contributed by atoms with Crippen molar-refractivity contribution in [3.05, 3.63) is 59.7 Å². The van der Waals surface area contributed by atoms with Crippen LogP contribution in [0.5, 0.6) is 0 Å². The van der Waals surface area contributed by atoms with Gasteiger partial charge in [0.25, 0.3) is 0 Å². The van der Waals surface area contributed by atoms with E-state index < -0.39 is 11.9 Å². The van der Waals surface area contributed by atoms with Crippen molar-refractivity contribution in [2.24, 2.45) is 5.92 Å². The molecule has 0 aliphatic carbocycles. The molecule has 0 saturated carbocycles. The number of amides is 2. The molecule has 1 aliphatic rings. The topological polar surface area (TPSA) is 75.7 Å². The average Bonchev–Trinajstić information content (AvgIpc) is 3.04. The summed E-state index contributed by atoms with van der Waals surface area (Å²) in [6.07, 6.45) is -0.0124. The Bertz CT molecular complexity index is 872. The van der Waals surface area contributed by atoms with Crippen LogP contribution in [0.15, 0.2) is 48.5 Å². The molecule has 1 saturated heterocycles. The number of aryl methyl sites for hydroxylation is 1.